The molecule has 7 nitrogen and oxygen atoms in total. The zero-order chi connectivity index (χ0) is 18.8. The number of nitrogens with two attached hydrogens (primary N) is 1. The fraction of sp³-hybridized carbons (Fsp3) is 0.400. The number of carboxylic acid groups (broad SMARTS) is 1. The molecule has 0 atom stereocenters. The number of H-pyrrole nitrogens is 1. The maximum absolute atomic E-state index is 12.0. The second-order valence-electron chi connectivity index (χ2n) is 5.76. The normalized spacial score (nSPS) is 19.6. The molecule has 1 aliphatic rings. The second-order valence-corrected chi connectivity index (χ2v) is 5.76. The van der Waals surface area contributed by atoms with Crippen LogP contribution in [0.15, 0.2) is 18.2 Å². The van der Waals surface area contributed by atoms with Crippen molar-refractivity contribution in [3.8, 4) is 0 Å². The average molecular weight is 358 g/mol. The van der Waals surface area contributed by atoms with Gasteiger partial charge in [-0.2, -0.15) is 13.2 Å². The van der Waals surface area contributed by atoms with Crippen LogP contribution >= 0.6 is 0 Å². The van der Waals surface area contributed by atoms with E-state index in [2.05, 4.69) is 15.3 Å². The van der Waals surface area contributed by atoms with E-state index >= 15 is 0 Å². The largest absolute Gasteiger partial charge is 0.490 e. The Hall–Kier alpha value is -2.62. The van der Waals surface area contributed by atoms with Crippen LogP contribution in [0.3, 0.4) is 0 Å². The van der Waals surface area contributed by atoms with Gasteiger partial charge in [0, 0.05) is 12.1 Å². The summed E-state index contributed by atoms with van der Waals surface area (Å²) in [4.78, 5) is 28.3. The Morgan fingerprint density at radius 3 is 2.44 bits per heavy atom. The lowest BCUT2D eigenvalue weighted by Gasteiger charge is -2.32. The minimum Gasteiger partial charge on any atom is -0.475 e. The molecule has 1 aromatic carbocycles. The first-order valence-electron chi connectivity index (χ1n) is 7.40. The number of aliphatic carboxylic acids is 1. The molecule has 5 N–H and O–H groups in total. The lowest BCUT2D eigenvalue weighted by molar-refractivity contribution is -0.192. The van der Waals surface area contributed by atoms with E-state index in [0.29, 0.717) is 5.82 Å². The number of carboxylic acids is 1. The standard InChI is InChI=1S/C13H16N4O.C2HF3O2/c1-7-3-2-4-10-11(7)17-12(16-10)13(18)15-9-5-8(14)6-9;3-2(4,5)1(6)7/h2-4,8-9H,5-6,14H2,1H3,(H,15,18)(H,16,17);(H,6,7). The Bertz CT molecular complexity index is 782. The highest BCUT2D eigenvalue weighted by Gasteiger charge is 2.38. The fourth-order valence-corrected chi connectivity index (χ4v) is 2.32. The van der Waals surface area contributed by atoms with E-state index in [1.165, 1.54) is 0 Å². The van der Waals surface area contributed by atoms with Crippen molar-refractivity contribution in [2.75, 3.05) is 0 Å². The number of amides is 1. The van der Waals surface area contributed by atoms with Crippen LogP contribution in [0.4, 0.5) is 13.2 Å². The van der Waals surface area contributed by atoms with E-state index < -0.39 is 12.1 Å². The molecule has 1 aliphatic carbocycles. The van der Waals surface area contributed by atoms with Gasteiger partial charge in [0.25, 0.3) is 5.91 Å². The van der Waals surface area contributed by atoms with Gasteiger partial charge in [-0.25, -0.2) is 9.78 Å². The number of alkyl halides is 3. The number of imidazole rings is 1. The number of fused-ring (bicyclic) bond motifs is 1. The highest BCUT2D eigenvalue weighted by atomic mass is 19.4. The molecule has 1 aromatic heterocycles. The quantitative estimate of drug-likeness (QED) is 0.651. The highest BCUT2D eigenvalue weighted by molar-refractivity contribution is 5.94. The van der Waals surface area contributed by atoms with Crippen LogP contribution in [0.5, 0.6) is 0 Å². The molecule has 1 heterocycles. The predicted molar refractivity (Wildman–Crippen MR) is 83.0 cm³/mol. The molecule has 0 bridgehead atoms. The molecule has 136 valence electrons. The highest BCUT2D eigenvalue weighted by Crippen LogP contribution is 2.19. The lowest BCUT2D eigenvalue weighted by Crippen LogP contribution is -2.50. The number of para-hydroxylation sites is 1. The molecule has 1 saturated carbocycles. The summed E-state index contributed by atoms with van der Waals surface area (Å²) >= 11 is 0. The van der Waals surface area contributed by atoms with Crippen molar-refractivity contribution in [2.45, 2.75) is 38.0 Å². The summed E-state index contributed by atoms with van der Waals surface area (Å²) in [6, 6.07) is 6.28. The summed E-state index contributed by atoms with van der Waals surface area (Å²) in [6.45, 7) is 1.98. The van der Waals surface area contributed by atoms with Gasteiger partial charge >= 0.3 is 12.1 Å². The third-order valence-electron chi connectivity index (χ3n) is 3.68. The predicted octanol–water partition coefficient (Wildman–Crippen LogP) is 1.72. The first kappa shape index (κ1) is 18.7. The molecule has 0 saturated heterocycles. The third kappa shape index (κ3) is 4.69. The van der Waals surface area contributed by atoms with Gasteiger partial charge in [-0.05, 0) is 31.4 Å². The summed E-state index contributed by atoms with van der Waals surface area (Å²) in [5, 5.41) is 10.1. The van der Waals surface area contributed by atoms with Crippen molar-refractivity contribution in [2.24, 2.45) is 5.73 Å². The first-order valence-corrected chi connectivity index (χ1v) is 7.40. The van der Waals surface area contributed by atoms with Crippen LogP contribution in [0.2, 0.25) is 0 Å². The Kier molecular flexibility index (Phi) is 5.31. The molecule has 1 fully saturated rings. The number of rotatable bonds is 2. The zero-order valence-corrected chi connectivity index (χ0v) is 13.2. The lowest BCUT2D eigenvalue weighted by atomic mass is 9.88. The van der Waals surface area contributed by atoms with Crippen LogP contribution in [-0.2, 0) is 4.79 Å². The summed E-state index contributed by atoms with van der Waals surface area (Å²) in [5.41, 5.74) is 8.50. The molecular weight excluding hydrogens is 341 g/mol. The van der Waals surface area contributed by atoms with E-state index in [4.69, 9.17) is 15.6 Å². The number of aromatic amines is 1. The van der Waals surface area contributed by atoms with Crippen molar-refractivity contribution in [3.05, 3.63) is 29.6 Å². The molecule has 3 rings (SSSR count). The Labute approximate surface area is 140 Å². The number of benzene rings is 1. The molecular formula is C15H17F3N4O3. The van der Waals surface area contributed by atoms with Gasteiger partial charge in [0.05, 0.1) is 11.0 Å². The average Bonchev–Trinajstić information content (AvgIpc) is 2.91. The van der Waals surface area contributed by atoms with Crippen molar-refractivity contribution < 1.29 is 27.9 Å². The van der Waals surface area contributed by atoms with E-state index in [1.54, 1.807) is 0 Å². The number of nitrogens with one attached hydrogen (secondary N) is 2. The minimum absolute atomic E-state index is 0.150. The van der Waals surface area contributed by atoms with Gasteiger partial charge in [-0.15, -0.1) is 0 Å². The van der Waals surface area contributed by atoms with Gasteiger partial charge in [-0.1, -0.05) is 12.1 Å². The molecule has 1 amide bonds. The molecule has 0 aliphatic heterocycles. The number of carbonyl (C=O) groups excluding carboxylic acids is 1. The number of hydrogen-bond acceptors (Lipinski definition) is 4. The Morgan fingerprint density at radius 2 is 1.96 bits per heavy atom. The number of nitrogens with zero attached hydrogens (tertiary/aromatic N) is 1. The first-order chi connectivity index (χ1) is 11.6. The van der Waals surface area contributed by atoms with Crippen LogP contribution < -0.4 is 11.1 Å². The topological polar surface area (TPSA) is 121 Å². The van der Waals surface area contributed by atoms with Gasteiger partial charge in [-0.3, -0.25) is 4.79 Å². The van der Waals surface area contributed by atoms with Gasteiger partial charge < -0.3 is 21.1 Å². The number of carbonyl (C=O) groups is 2. The molecule has 0 radical (unpaired) electrons. The zero-order valence-electron chi connectivity index (χ0n) is 13.2. The van der Waals surface area contributed by atoms with E-state index in [0.717, 1.165) is 29.4 Å². The molecule has 25 heavy (non-hydrogen) atoms. The summed E-state index contributed by atoms with van der Waals surface area (Å²) in [7, 11) is 0. The molecule has 0 spiro atoms. The van der Waals surface area contributed by atoms with Crippen LogP contribution in [0, 0.1) is 6.92 Å². The summed E-state index contributed by atoms with van der Waals surface area (Å²) in [6.07, 6.45) is -3.38. The minimum atomic E-state index is -5.08. The van der Waals surface area contributed by atoms with Crippen LogP contribution in [0.25, 0.3) is 11.0 Å². The number of halogens is 3. The molecule has 0 unspecified atom stereocenters. The fourth-order valence-electron chi connectivity index (χ4n) is 2.32. The van der Waals surface area contributed by atoms with Gasteiger partial charge in [0.15, 0.2) is 5.82 Å². The Morgan fingerprint density at radius 1 is 1.36 bits per heavy atom. The van der Waals surface area contributed by atoms with Crippen molar-refractivity contribution >= 4 is 22.9 Å². The van der Waals surface area contributed by atoms with Crippen molar-refractivity contribution in [1.29, 1.82) is 0 Å². The number of hydrogen-bond donors (Lipinski definition) is 4. The van der Waals surface area contributed by atoms with Gasteiger partial charge in [0.1, 0.15) is 0 Å². The Balaban J connectivity index is 0.000000277. The molecule has 10 heteroatoms. The van der Waals surface area contributed by atoms with E-state index in [9.17, 15) is 18.0 Å². The monoisotopic (exact) mass is 358 g/mol. The SMILES string of the molecule is Cc1cccc2[nH]c(C(=O)NC3CC(N)C3)nc12.O=C(O)C(F)(F)F. The summed E-state index contributed by atoms with van der Waals surface area (Å²) < 4.78 is 31.7. The number of aromatic nitrogens is 2. The van der Waals surface area contributed by atoms with E-state index in [1.807, 2.05) is 25.1 Å². The molecule has 2 aromatic rings. The van der Waals surface area contributed by atoms with Crippen LogP contribution in [0.1, 0.15) is 29.0 Å². The van der Waals surface area contributed by atoms with Crippen molar-refractivity contribution in [1.82, 2.24) is 15.3 Å². The third-order valence-corrected chi connectivity index (χ3v) is 3.68. The summed E-state index contributed by atoms with van der Waals surface area (Å²) in [5.74, 6) is -2.53. The van der Waals surface area contributed by atoms with Crippen LogP contribution in [-0.4, -0.2) is 45.2 Å². The smallest absolute Gasteiger partial charge is 0.475 e. The van der Waals surface area contributed by atoms with Gasteiger partial charge in [0.2, 0.25) is 0 Å². The second kappa shape index (κ2) is 7.09. The van der Waals surface area contributed by atoms with Crippen molar-refractivity contribution in [3.63, 3.8) is 0 Å². The van der Waals surface area contributed by atoms with E-state index in [-0.39, 0.29) is 18.0 Å². The maximum Gasteiger partial charge on any atom is 0.490 e. The number of aryl methyl sites for hydroxylation is 1. The maximum atomic E-state index is 12.0.